The number of rotatable bonds is 11. The molecule has 4 atom stereocenters. The quantitative estimate of drug-likeness (QED) is 0.157. The van der Waals surface area contributed by atoms with E-state index in [1.807, 2.05) is 0 Å². The van der Waals surface area contributed by atoms with Crippen molar-refractivity contribution in [3.8, 4) is 0 Å². The van der Waals surface area contributed by atoms with Gasteiger partial charge in [0.2, 0.25) is 17.8 Å². The Morgan fingerprint density at radius 3 is 1.65 bits per heavy atom. The number of benzene rings is 2. The molecule has 1 aromatic heterocycles. The SMILES string of the molecule is Nc1cccc(Nc2nc(NC[C@H](O)[C@@H](O)[C@H](O)[C@H](O)CO)nc(Nc3cccc(N)c3)n2)c1. The van der Waals surface area contributed by atoms with Gasteiger partial charge in [0, 0.05) is 29.3 Å². The highest BCUT2D eigenvalue weighted by Crippen LogP contribution is 2.21. The molecule has 0 fully saturated rings. The number of nitrogens with one attached hydrogen (secondary N) is 3. The molecule has 0 aliphatic carbocycles. The predicted molar refractivity (Wildman–Crippen MR) is 128 cm³/mol. The Kier molecular flexibility index (Phi) is 8.34. The summed E-state index contributed by atoms with van der Waals surface area (Å²) in [5.41, 5.74) is 14.0. The number of nitrogens with two attached hydrogens (primary N) is 2. The summed E-state index contributed by atoms with van der Waals surface area (Å²) < 4.78 is 0. The molecule has 13 nitrogen and oxygen atoms in total. The van der Waals surface area contributed by atoms with Crippen LogP contribution in [0, 0.1) is 0 Å². The van der Waals surface area contributed by atoms with E-state index in [0.29, 0.717) is 22.7 Å². The maximum absolute atomic E-state index is 10.2. The number of nitrogen functional groups attached to an aromatic ring is 2. The van der Waals surface area contributed by atoms with Gasteiger partial charge in [0.05, 0.1) is 12.7 Å². The van der Waals surface area contributed by atoms with Gasteiger partial charge in [-0.2, -0.15) is 15.0 Å². The molecule has 34 heavy (non-hydrogen) atoms. The molecule has 0 saturated heterocycles. The van der Waals surface area contributed by atoms with Gasteiger partial charge >= 0.3 is 0 Å². The standard InChI is InChI=1S/C21H28N8O5/c22-11-3-1-5-13(7-11)25-20-27-19(24-9-15(31)17(33)18(34)16(32)10-30)28-21(29-20)26-14-6-2-4-12(23)8-14/h1-8,15-18,30-34H,9-10,22-23H2,(H3,24,25,26,27,28,29)/t15-,16+,17+,18+/m0/s1. The van der Waals surface area contributed by atoms with Crippen LogP contribution < -0.4 is 27.4 Å². The van der Waals surface area contributed by atoms with Gasteiger partial charge in [-0.15, -0.1) is 0 Å². The van der Waals surface area contributed by atoms with E-state index in [9.17, 15) is 20.4 Å². The normalized spacial score (nSPS) is 14.6. The van der Waals surface area contributed by atoms with Crippen LogP contribution in [0.4, 0.5) is 40.6 Å². The second-order valence-corrected chi connectivity index (χ2v) is 7.49. The van der Waals surface area contributed by atoms with Gasteiger partial charge in [0.15, 0.2) is 0 Å². The third kappa shape index (κ3) is 6.87. The Bertz CT molecular complexity index is 1020. The van der Waals surface area contributed by atoms with Crippen molar-refractivity contribution in [2.24, 2.45) is 0 Å². The lowest BCUT2D eigenvalue weighted by atomic mass is 10.0. The maximum Gasteiger partial charge on any atom is 0.233 e. The Morgan fingerprint density at radius 2 is 1.18 bits per heavy atom. The molecular weight excluding hydrogens is 444 g/mol. The van der Waals surface area contributed by atoms with Gasteiger partial charge in [-0.3, -0.25) is 0 Å². The number of hydrogen-bond donors (Lipinski definition) is 10. The molecule has 182 valence electrons. The highest BCUT2D eigenvalue weighted by atomic mass is 16.4. The third-order valence-electron chi connectivity index (χ3n) is 4.72. The summed E-state index contributed by atoms with van der Waals surface area (Å²) in [6, 6.07) is 13.9. The van der Waals surface area contributed by atoms with E-state index in [-0.39, 0.29) is 24.4 Å². The lowest BCUT2D eigenvalue weighted by Crippen LogP contribution is -2.48. The summed E-state index contributed by atoms with van der Waals surface area (Å²) in [7, 11) is 0. The number of aliphatic hydroxyl groups is 5. The highest BCUT2D eigenvalue weighted by molar-refractivity contribution is 5.63. The van der Waals surface area contributed by atoms with E-state index in [0.717, 1.165) is 0 Å². The van der Waals surface area contributed by atoms with Crippen LogP contribution in [0.1, 0.15) is 0 Å². The Morgan fingerprint density at radius 1 is 0.706 bits per heavy atom. The molecule has 1 heterocycles. The van der Waals surface area contributed by atoms with Gasteiger partial charge in [0.25, 0.3) is 0 Å². The molecular formula is C21H28N8O5. The number of aliphatic hydroxyl groups excluding tert-OH is 5. The Labute approximate surface area is 195 Å². The zero-order valence-electron chi connectivity index (χ0n) is 18.1. The molecule has 0 unspecified atom stereocenters. The number of nitrogens with zero attached hydrogens (tertiary/aromatic N) is 3. The summed E-state index contributed by atoms with van der Waals surface area (Å²) in [6.45, 7) is -1.06. The molecule has 0 bridgehead atoms. The van der Waals surface area contributed by atoms with Gasteiger partial charge in [-0.25, -0.2) is 0 Å². The average molecular weight is 473 g/mol. The topological polar surface area (TPSA) is 228 Å². The van der Waals surface area contributed by atoms with Crippen LogP contribution in [0.25, 0.3) is 0 Å². The Hall–Kier alpha value is -3.75. The van der Waals surface area contributed by atoms with E-state index in [2.05, 4.69) is 30.9 Å². The third-order valence-corrected chi connectivity index (χ3v) is 4.72. The van der Waals surface area contributed by atoms with Crippen LogP contribution in [-0.2, 0) is 0 Å². The van der Waals surface area contributed by atoms with Crippen molar-refractivity contribution in [2.45, 2.75) is 24.4 Å². The molecule has 0 saturated carbocycles. The first kappa shape index (κ1) is 24.9. The number of aromatic nitrogens is 3. The van der Waals surface area contributed by atoms with E-state index in [4.69, 9.17) is 16.6 Å². The summed E-state index contributed by atoms with van der Waals surface area (Å²) in [6.07, 6.45) is -6.60. The van der Waals surface area contributed by atoms with E-state index < -0.39 is 31.0 Å². The molecule has 0 radical (unpaired) electrons. The van der Waals surface area contributed by atoms with Crippen LogP contribution in [-0.4, -0.2) is 78.1 Å². The summed E-state index contributed by atoms with van der Waals surface area (Å²) in [5.74, 6) is 0.344. The highest BCUT2D eigenvalue weighted by Gasteiger charge is 2.30. The van der Waals surface area contributed by atoms with E-state index in [1.54, 1.807) is 48.5 Å². The number of anilines is 7. The van der Waals surface area contributed by atoms with Crippen molar-refractivity contribution >= 4 is 40.6 Å². The van der Waals surface area contributed by atoms with Gasteiger partial charge < -0.3 is 53.0 Å². The number of hydrogen-bond acceptors (Lipinski definition) is 13. The lowest BCUT2D eigenvalue weighted by Gasteiger charge is -2.25. The lowest BCUT2D eigenvalue weighted by molar-refractivity contribution is -0.111. The van der Waals surface area contributed by atoms with Gasteiger partial charge in [-0.05, 0) is 36.4 Å². The monoisotopic (exact) mass is 472 g/mol. The molecule has 3 rings (SSSR count). The Balaban J connectivity index is 1.80. The molecule has 0 amide bonds. The first-order valence-corrected chi connectivity index (χ1v) is 10.3. The minimum absolute atomic E-state index is 0.0382. The molecule has 0 spiro atoms. The second kappa shape index (κ2) is 11.4. The first-order valence-electron chi connectivity index (χ1n) is 10.3. The van der Waals surface area contributed by atoms with Gasteiger partial charge in [-0.1, -0.05) is 12.1 Å². The van der Waals surface area contributed by atoms with E-state index in [1.165, 1.54) is 0 Å². The van der Waals surface area contributed by atoms with Crippen molar-refractivity contribution in [3.63, 3.8) is 0 Å². The van der Waals surface area contributed by atoms with Crippen LogP contribution in [0.2, 0.25) is 0 Å². The fourth-order valence-corrected chi connectivity index (χ4v) is 2.94. The van der Waals surface area contributed by atoms with Crippen molar-refractivity contribution in [1.82, 2.24) is 15.0 Å². The van der Waals surface area contributed by atoms with Gasteiger partial charge in [0.1, 0.15) is 18.3 Å². The average Bonchev–Trinajstić information content (AvgIpc) is 2.81. The van der Waals surface area contributed by atoms with Crippen LogP contribution in [0.15, 0.2) is 48.5 Å². The fourth-order valence-electron chi connectivity index (χ4n) is 2.94. The molecule has 12 N–H and O–H groups in total. The second-order valence-electron chi connectivity index (χ2n) is 7.49. The summed E-state index contributed by atoms with van der Waals surface area (Å²) in [5, 5.41) is 57.1. The minimum atomic E-state index is -1.75. The van der Waals surface area contributed by atoms with Crippen molar-refractivity contribution in [1.29, 1.82) is 0 Å². The molecule has 3 aromatic rings. The summed E-state index contributed by atoms with van der Waals surface area (Å²) in [4.78, 5) is 12.8. The van der Waals surface area contributed by atoms with E-state index >= 15 is 0 Å². The van der Waals surface area contributed by atoms with Crippen molar-refractivity contribution in [3.05, 3.63) is 48.5 Å². The molecule has 0 aliphatic heterocycles. The van der Waals surface area contributed by atoms with Crippen LogP contribution in [0.5, 0.6) is 0 Å². The van der Waals surface area contributed by atoms with Crippen LogP contribution in [0.3, 0.4) is 0 Å². The zero-order chi connectivity index (χ0) is 24.7. The fraction of sp³-hybridized carbons (Fsp3) is 0.286. The summed E-state index contributed by atoms with van der Waals surface area (Å²) >= 11 is 0. The molecule has 0 aliphatic rings. The largest absolute Gasteiger partial charge is 0.399 e. The predicted octanol–water partition coefficient (Wildman–Crippen LogP) is -0.629. The first-order chi connectivity index (χ1) is 16.2. The van der Waals surface area contributed by atoms with Crippen molar-refractivity contribution < 1.29 is 25.5 Å². The maximum atomic E-state index is 10.2. The minimum Gasteiger partial charge on any atom is -0.399 e. The smallest absolute Gasteiger partial charge is 0.233 e. The van der Waals surface area contributed by atoms with Crippen molar-refractivity contribution in [2.75, 3.05) is 40.6 Å². The van der Waals surface area contributed by atoms with Crippen LogP contribution >= 0.6 is 0 Å². The molecule has 13 heteroatoms. The molecule has 2 aromatic carbocycles. The zero-order valence-corrected chi connectivity index (χ0v) is 18.1.